The number of nitrogens with zero attached hydrogens (tertiary/aromatic N) is 5. The van der Waals surface area contributed by atoms with E-state index in [-0.39, 0.29) is 11.7 Å². The molecule has 176 valence electrons. The highest BCUT2D eigenvalue weighted by atomic mass is 32.2. The van der Waals surface area contributed by atoms with Crippen LogP contribution in [0.15, 0.2) is 60.9 Å². The molecule has 5 rings (SSSR count). The highest BCUT2D eigenvalue weighted by molar-refractivity contribution is 7.88. The Labute approximate surface area is 195 Å². The van der Waals surface area contributed by atoms with Crippen LogP contribution in [-0.2, 0) is 21.9 Å². The summed E-state index contributed by atoms with van der Waals surface area (Å²) in [5.74, 6) is -1.14. The van der Waals surface area contributed by atoms with E-state index in [0.29, 0.717) is 17.1 Å². The van der Waals surface area contributed by atoms with Crippen LogP contribution in [0.5, 0.6) is 0 Å². The van der Waals surface area contributed by atoms with Crippen LogP contribution in [0.4, 0.5) is 10.1 Å². The molecule has 9 nitrogen and oxygen atoms in total. The maximum atomic E-state index is 13.4. The fourth-order valence-corrected chi connectivity index (χ4v) is 5.34. The topological polar surface area (TPSA) is 102 Å². The van der Waals surface area contributed by atoms with Crippen LogP contribution in [-0.4, -0.2) is 46.2 Å². The number of nitrogens with one attached hydrogen (secondary N) is 1. The minimum Gasteiger partial charge on any atom is -0.301 e. The van der Waals surface area contributed by atoms with E-state index < -0.39 is 28.0 Å². The van der Waals surface area contributed by atoms with Crippen molar-refractivity contribution in [2.75, 3.05) is 11.2 Å². The molecule has 0 aliphatic carbocycles. The molecule has 0 saturated carbocycles. The average molecular weight is 483 g/mol. The predicted molar refractivity (Wildman–Crippen MR) is 125 cm³/mol. The first kappa shape index (κ1) is 22.2. The van der Waals surface area contributed by atoms with Crippen LogP contribution in [0.2, 0.25) is 0 Å². The van der Waals surface area contributed by atoms with Crippen LogP contribution >= 0.6 is 0 Å². The highest BCUT2D eigenvalue weighted by Gasteiger charge is 2.49. The first-order valence-electron chi connectivity index (χ1n) is 10.7. The van der Waals surface area contributed by atoms with Gasteiger partial charge in [-0.2, -0.15) is 10.2 Å². The Morgan fingerprint density at radius 3 is 2.41 bits per heavy atom. The van der Waals surface area contributed by atoms with E-state index in [2.05, 4.69) is 14.9 Å². The van der Waals surface area contributed by atoms with Crippen molar-refractivity contribution in [1.82, 2.24) is 24.3 Å². The van der Waals surface area contributed by atoms with Crippen LogP contribution in [0.3, 0.4) is 0 Å². The summed E-state index contributed by atoms with van der Waals surface area (Å²) >= 11 is 0. The van der Waals surface area contributed by atoms with Gasteiger partial charge in [-0.15, -0.1) is 0 Å². The summed E-state index contributed by atoms with van der Waals surface area (Å²) in [5.41, 5.74) is 2.69. The number of hydrogen-bond acceptors (Lipinski definition) is 5. The van der Waals surface area contributed by atoms with Crippen molar-refractivity contribution in [1.29, 1.82) is 0 Å². The number of anilines is 1. The molecule has 3 heterocycles. The molecule has 3 unspecified atom stereocenters. The number of aromatic nitrogens is 4. The Morgan fingerprint density at radius 1 is 1.06 bits per heavy atom. The summed E-state index contributed by atoms with van der Waals surface area (Å²) in [6.45, 7) is 1.71. The van der Waals surface area contributed by atoms with Crippen molar-refractivity contribution in [3.63, 3.8) is 0 Å². The first-order chi connectivity index (χ1) is 16.1. The van der Waals surface area contributed by atoms with Gasteiger partial charge in [0.25, 0.3) is 0 Å². The molecule has 1 aliphatic heterocycles. The van der Waals surface area contributed by atoms with Gasteiger partial charge in [0.05, 0.1) is 47.4 Å². The van der Waals surface area contributed by atoms with Crippen LogP contribution < -0.4 is 9.62 Å². The van der Waals surface area contributed by atoms with Crippen molar-refractivity contribution in [2.45, 2.75) is 19.0 Å². The zero-order valence-corrected chi connectivity index (χ0v) is 19.6. The zero-order chi connectivity index (χ0) is 24.2. The maximum absolute atomic E-state index is 13.4. The zero-order valence-electron chi connectivity index (χ0n) is 18.8. The van der Waals surface area contributed by atoms with Gasteiger partial charge in [-0.3, -0.25) is 9.48 Å². The van der Waals surface area contributed by atoms with Crippen molar-refractivity contribution in [3.05, 3.63) is 72.4 Å². The number of fused-ring (bicyclic) bond motifs is 1. The molecular formula is C23H23FN6O3S. The molecule has 1 amide bonds. The van der Waals surface area contributed by atoms with Gasteiger partial charge in [0, 0.05) is 24.3 Å². The largest absolute Gasteiger partial charge is 0.301 e. The highest BCUT2D eigenvalue weighted by Crippen LogP contribution is 2.40. The normalized spacial score (nSPS) is 21.0. The third-order valence-corrected chi connectivity index (χ3v) is 6.77. The lowest BCUT2D eigenvalue weighted by atomic mass is 9.99. The van der Waals surface area contributed by atoms with E-state index in [0.717, 1.165) is 17.2 Å². The van der Waals surface area contributed by atoms with Gasteiger partial charge in [0.2, 0.25) is 15.9 Å². The number of carbonyl (C=O) groups is 1. The van der Waals surface area contributed by atoms with Crippen LogP contribution in [0.25, 0.3) is 16.6 Å². The quantitative estimate of drug-likeness (QED) is 0.471. The monoisotopic (exact) mass is 482 g/mol. The molecule has 2 aromatic carbocycles. The number of rotatable bonds is 5. The summed E-state index contributed by atoms with van der Waals surface area (Å²) in [6, 6.07) is 12.0. The van der Waals surface area contributed by atoms with E-state index in [1.165, 1.54) is 12.1 Å². The second-order valence-electron chi connectivity index (χ2n) is 8.55. The molecule has 1 aliphatic rings. The number of hydrogen-bond donors (Lipinski definition) is 1. The smallest absolute Gasteiger partial charge is 0.232 e. The van der Waals surface area contributed by atoms with Gasteiger partial charge >= 0.3 is 0 Å². The van der Waals surface area contributed by atoms with Gasteiger partial charge in [0.15, 0.2) is 0 Å². The summed E-state index contributed by atoms with van der Waals surface area (Å²) in [7, 11) is -1.81. The molecule has 11 heteroatoms. The predicted octanol–water partition coefficient (Wildman–Crippen LogP) is 2.54. The summed E-state index contributed by atoms with van der Waals surface area (Å²) in [5, 5.41) is 9.68. The fraction of sp³-hybridized carbons (Fsp3) is 0.261. The molecule has 3 atom stereocenters. The molecule has 1 fully saturated rings. The lowest BCUT2D eigenvalue weighted by Gasteiger charge is -2.27. The third kappa shape index (κ3) is 3.86. The van der Waals surface area contributed by atoms with Gasteiger partial charge in [-0.25, -0.2) is 22.2 Å². The summed E-state index contributed by atoms with van der Waals surface area (Å²) in [4.78, 5) is 15.0. The average Bonchev–Trinajstić information content (AvgIpc) is 3.46. The molecule has 0 spiro atoms. The first-order valence-corrected chi connectivity index (χ1v) is 12.6. The van der Waals surface area contributed by atoms with Crippen molar-refractivity contribution in [2.24, 2.45) is 13.0 Å². The minimum absolute atomic E-state index is 0.206. The Bertz CT molecular complexity index is 1490. The van der Waals surface area contributed by atoms with E-state index in [4.69, 9.17) is 0 Å². The number of halogens is 1. The number of benzene rings is 2. The van der Waals surface area contributed by atoms with E-state index in [1.807, 2.05) is 12.1 Å². The van der Waals surface area contributed by atoms with Gasteiger partial charge in [-0.1, -0.05) is 6.92 Å². The summed E-state index contributed by atoms with van der Waals surface area (Å²) < 4.78 is 43.5. The molecule has 34 heavy (non-hydrogen) atoms. The van der Waals surface area contributed by atoms with Crippen molar-refractivity contribution < 1.29 is 17.6 Å². The Kier molecular flexibility index (Phi) is 5.25. The SMILES string of the molecule is CC1C(=O)N(c2ccc3c(cnn3-c3ccc(F)cc3)c2)C(c2ccn(C)n2)C1NS(C)(=O)=O. The van der Waals surface area contributed by atoms with Gasteiger partial charge in [0.1, 0.15) is 5.82 Å². The van der Waals surface area contributed by atoms with Crippen LogP contribution in [0, 0.1) is 11.7 Å². The molecule has 0 bridgehead atoms. The molecule has 1 saturated heterocycles. The lowest BCUT2D eigenvalue weighted by molar-refractivity contribution is -0.120. The molecule has 2 aromatic heterocycles. The Hall–Kier alpha value is -3.57. The Balaban J connectivity index is 1.59. The fourth-order valence-electron chi connectivity index (χ4n) is 4.51. The van der Waals surface area contributed by atoms with E-state index in [9.17, 15) is 17.6 Å². The van der Waals surface area contributed by atoms with E-state index >= 15 is 0 Å². The lowest BCUT2D eigenvalue weighted by Crippen LogP contribution is -2.41. The minimum atomic E-state index is -3.57. The second kappa shape index (κ2) is 8.03. The van der Waals surface area contributed by atoms with Gasteiger partial charge < -0.3 is 4.90 Å². The standard InChI is InChI=1S/C23H23FN6O3S/c1-14-21(27-34(3,32)33)22(19-10-11-28(2)26-19)29(23(14)31)18-8-9-20-15(12-18)13-25-30(20)17-6-4-16(24)5-7-17/h4-14,21-22,27H,1-3H3. The Morgan fingerprint density at radius 2 is 1.76 bits per heavy atom. The number of sulfonamides is 1. The second-order valence-corrected chi connectivity index (χ2v) is 10.3. The number of aryl methyl sites for hydroxylation is 1. The van der Waals surface area contributed by atoms with Gasteiger partial charge in [-0.05, 0) is 48.5 Å². The van der Waals surface area contributed by atoms with E-state index in [1.54, 1.807) is 64.9 Å². The maximum Gasteiger partial charge on any atom is 0.232 e. The van der Waals surface area contributed by atoms with Crippen LogP contribution in [0.1, 0.15) is 18.7 Å². The molecule has 0 radical (unpaired) electrons. The van der Waals surface area contributed by atoms with Crippen molar-refractivity contribution in [3.8, 4) is 5.69 Å². The number of carbonyl (C=O) groups excluding carboxylic acids is 1. The molecule has 4 aromatic rings. The molecule has 1 N–H and O–H groups in total. The van der Waals surface area contributed by atoms with Crippen molar-refractivity contribution >= 4 is 32.5 Å². The third-order valence-electron chi connectivity index (χ3n) is 6.07. The molecular weight excluding hydrogens is 459 g/mol. The summed E-state index contributed by atoms with van der Waals surface area (Å²) in [6.07, 6.45) is 4.51. The number of amides is 1.